The average molecular weight is 247 g/mol. The number of rotatable bonds is 3. The number of likely N-dealkylation sites (tertiary alicyclic amines) is 1. The summed E-state index contributed by atoms with van der Waals surface area (Å²) in [5, 5.41) is 0. The minimum absolute atomic E-state index is 0.0173. The minimum atomic E-state index is -0.0742. The molecule has 4 nitrogen and oxygen atoms in total. The van der Waals surface area contributed by atoms with Crippen molar-refractivity contribution in [2.24, 2.45) is 11.7 Å². The molecule has 0 aliphatic carbocycles. The van der Waals surface area contributed by atoms with Gasteiger partial charge in [0.15, 0.2) is 0 Å². The van der Waals surface area contributed by atoms with Crippen molar-refractivity contribution in [2.45, 2.75) is 38.8 Å². The summed E-state index contributed by atoms with van der Waals surface area (Å²) >= 11 is 0. The van der Waals surface area contributed by atoms with Crippen LogP contribution >= 0.6 is 0 Å². The molecule has 1 aromatic rings. The fraction of sp³-hybridized carbons (Fsp3) is 0.571. The zero-order valence-corrected chi connectivity index (χ0v) is 11.0. The predicted molar refractivity (Wildman–Crippen MR) is 70.7 cm³/mol. The number of aromatic nitrogens is 1. The lowest BCUT2D eigenvalue weighted by Crippen LogP contribution is -2.50. The van der Waals surface area contributed by atoms with E-state index in [0.29, 0.717) is 12.3 Å². The smallest absolute Gasteiger partial charge is 0.223 e. The maximum absolute atomic E-state index is 12.1. The maximum atomic E-state index is 12.1. The molecule has 1 saturated heterocycles. The third kappa shape index (κ3) is 2.70. The van der Waals surface area contributed by atoms with E-state index in [1.54, 1.807) is 6.20 Å². The molecule has 2 rings (SSSR count). The van der Waals surface area contributed by atoms with E-state index in [1.807, 2.05) is 23.1 Å². The Hall–Kier alpha value is -1.42. The van der Waals surface area contributed by atoms with Crippen LogP contribution in [0.3, 0.4) is 0 Å². The van der Waals surface area contributed by atoms with E-state index in [-0.39, 0.29) is 18.0 Å². The van der Waals surface area contributed by atoms with Gasteiger partial charge < -0.3 is 10.6 Å². The molecule has 1 aliphatic rings. The number of carbonyl (C=O) groups is 1. The van der Waals surface area contributed by atoms with Gasteiger partial charge in [-0.05, 0) is 24.5 Å². The van der Waals surface area contributed by atoms with E-state index in [0.717, 1.165) is 18.7 Å². The minimum Gasteiger partial charge on any atom is -0.332 e. The number of piperidine rings is 1. The van der Waals surface area contributed by atoms with Crippen molar-refractivity contribution in [3.63, 3.8) is 0 Å². The Kier molecular flexibility index (Phi) is 3.97. The Morgan fingerprint density at radius 1 is 1.50 bits per heavy atom. The number of hydrogen-bond donors (Lipinski definition) is 1. The van der Waals surface area contributed by atoms with Crippen molar-refractivity contribution < 1.29 is 4.79 Å². The SMILES string of the molecule is CC(C)CN1C(=O)CCC(N)C1c1ccccn1. The van der Waals surface area contributed by atoms with Crippen molar-refractivity contribution in [3.05, 3.63) is 30.1 Å². The van der Waals surface area contributed by atoms with Gasteiger partial charge in [-0.2, -0.15) is 0 Å². The van der Waals surface area contributed by atoms with Crippen molar-refractivity contribution in [1.82, 2.24) is 9.88 Å². The topological polar surface area (TPSA) is 59.2 Å². The average Bonchev–Trinajstić information content (AvgIpc) is 2.35. The molecule has 4 heteroatoms. The quantitative estimate of drug-likeness (QED) is 0.885. The molecule has 98 valence electrons. The molecular weight excluding hydrogens is 226 g/mol. The molecule has 1 aromatic heterocycles. The van der Waals surface area contributed by atoms with Crippen LogP contribution in [0.15, 0.2) is 24.4 Å². The van der Waals surface area contributed by atoms with E-state index in [4.69, 9.17) is 5.73 Å². The Labute approximate surface area is 108 Å². The highest BCUT2D eigenvalue weighted by atomic mass is 16.2. The normalized spacial score (nSPS) is 24.7. The molecule has 0 spiro atoms. The Morgan fingerprint density at radius 3 is 2.89 bits per heavy atom. The van der Waals surface area contributed by atoms with Crippen LogP contribution in [0.5, 0.6) is 0 Å². The van der Waals surface area contributed by atoms with E-state index in [1.165, 1.54) is 0 Å². The molecule has 2 unspecified atom stereocenters. The molecule has 2 heterocycles. The van der Waals surface area contributed by atoms with E-state index in [2.05, 4.69) is 18.8 Å². The van der Waals surface area contributed by atoms with Gasteiger partial charge in [0.25, 0.3) is 0 Å². The predicted octanol–water partition coefficient (Wildman–Crippen LogP) is 1.73. The Balaban J connectivity index is 2.29. The molecule has 2 atom stereocenters. The first-order valence-corrected chi connectivity index (χ1v) is 6.55. The summed E-state index contributed by atoms with van der Waals surface area (Å²) in [6.45, 7) is 4.97. The molecule has 1 aliphatic heterocycles. The number of nitrogens with zero attached hydrogens (tertiary/aromatic N) is 2. The summed E-state index contributed by atoms with van der Waals surface area (Å²) in [4.78, 5) is 18.4. The molecule has 0 radical (unpaired) electrons. The van der Waals surface area contributed by atoms with Crippen LogP contribution in [0.25, 0.3) is 0 Å². The van der Waals surface area contributed by atoms with Gasteiger partial charge in [-0.15, -0.1) is 0 Å². The fourth-order valence-electron chi connectivity index (χ4n) is 2.52. The van der Waals surface area contributed by atoms with Crippen LogP contribution in [0.4, 0.5) is 0 Å². The van der Waals surface area contributed by atoms with E-state index >= 15 is 0 Å². The molecule has 0 saturated carbocycles. The van der Waals surface area contributed by atoms with Gasteiger partial charge in [0.05, 0.1) is 11.7 Å². The van der Waals surface area contributed by atoms with Gasteiger partial charge in [-0.25, -0.2) is 0 Å². The number of pyridine rings is 1. The Morgan fingerprint density at radius 2 is 2.28 bits per heavy atom. The zero-order chi connectivity index (χ0) is 13.1. The molecule has 2 N–H and O–H groups in total. The van der Waals surface area contributed by atoms with Gasteiger partial charge in [-0.3, -0.25) is 9.78 Å². The molecule has 1 fully saturated rings. The lowest BCUT2D eigenvalue weighted by molar-refractivity contribution is -0.138. The third-order valence-corrected chi connectivity index (χ3v) is 3.31. The summed E-state index contributed by atoms with van der Waals surface area (Å²) < 4.78 is 0. The first kappa shape index (κ1) is 13.0. The first-order chi connectivity index (χ1) is 8.59. The second-order valence-electron chi connectivity index (χ2n) is 5.34. The van der Waals surface area contributed by atoms with Crippen LogP contribution in [-0.4, -0.2) is 28.4 Å². The van der Waals surface area contributed by atoms with Crippen LogP contribution in [0.2, 0.25) is 0 Å². The number of carbonyl (C=O) groups excluding carboxylic acids is 1. The maximum Gasteiger partial charge on any atom is 0.223 e. The second-order valence-corrected chi connectivity index (χ2v) is 5.34. The summed E-state index contributed by atoms with van der Waals surface area (Å²) in [6.07, 6.45) is 3.06. The highest BCUT2D eigenvalue weighted by Crippen LogP contribution is 2.30. The standard InChI is InChI=1S/C14H21N3O/c1-10(2)9-17-13(18)7-6-11(15)14(17)12-5-3-4-8-16-12/h3-5,8,10-11,14H,6-7,9,15H2,1-2H3. The largest absolute Gasteiger partial charge is 0.332 e. The van der Waals surface area contributed by atoms with Crippen LogP contribution in [-0.2, 0) is 4.79 Å². The monoisotopic (exact) mass is 247 g/mol. The summed E-state index contributed by atoms with van der Waals surface area (Å²) in [7, 11) is 0. The fourth-order valence-corrected chi connectivity index (χ4v) is 2.52. The summed E-state index contributed by atoms with van der Waals surface area (Å²) in [5.74, 6) is 0.631. The molecule has 0 aromatic carbocycles. The van der Waals surface area contributed by atoms with Crippen molar-refractivity contribution in [3.8, 4) is 0 Å². The van der Waals surface area contributed by atoms with Crippen LogP contribution in [0, 0.1) is 5.92 Å². The molecule has 18 heavy (non-hydrogen) atoms. The van der Waals surface area contributed by atoms with Crippen LogP contribution in [0.1, 0.15) is 38.4 Å². The van der Waals surface area contributed by atoms with E-state index < -0.39 is 0 Å². The van der Waals surface area contributed by atoms with E-state index in [9.17, 15) is 4.79 Å². The number of amides is 1. The van der Waals surface area contributed by atoms with Gasteiger partial charge in [0.1, 0.15) is 0 Å². The van der Waals surface area contributed by atoms with Gasteiger partial charge in [-0.1, -0.05) is 19.9 Å². The zero-order valence-electron chi connectivity index (χ0n) is 11.0. The van der Waals surface area contributed by atoms with Gasteiger partial charge in [0, 0.05) is 25.2 Å². The van der Waals surface area contributed by atoms with Crippen molar-refractivity contribution in [1.29, 1.82) is 0 Å². The number of nitrogens with two attached hydrogens (primary N) is 1. The third-order valence-electron chi connectivity index (χ3n) is 3.31. The highest BCUT2D eigenvalue weighted by molar-refractivity contribution is 5.77. The number of hydrogen-bond acceptors (Lipinski definition) is 3. The summed E-state index contributed by atoms with van der Waals surface area (Å²) in [6, 6.07) is 5.69. The van der Waals surface area contributed by atoms with Gasteiger partial charge in [0.2, 0.25) is 5.91 Å². The second kappa shape index (κ2) is 5.48. The molecule has 1 amide bonds. The molecular formula is C14H21N3O. The Bertz CT molecular complexity index is 405. The lowest BCUT2D eigenvalue weighted by Gasteiger charge is -2.40. The first-order valence-electron chi connectivity index (χ1n) is 6.55. The van der Waals surface area contributed by atoms with Crippen molar-refractivity contribution >= 4 is 5.91 Å². The van der Waals surface area contributed by atoms with Crippen molar-refractivity contribution in [2.75, 3.05) is 6.54 Å². The van der Waals surface area contributed by atoms with Gasteiger partial charge >= 0.3 is 0 Å². The highest BCUT2D eigenvalue weighted by Gasteiger charge is 2.35. The molecule has 0 bridgehead atoms. The summed E-state index contributed by atoms with van der Waals surface area (Å²) in [5.41, 5.74) is 7.11. The van der Waals surface area contributed by atoms with Crippen LogP contribution < -0.4 is 5.73 Å². The lowest BCUT2D eigenvalue weighted by atomic mass is 9.92.